The van der Waals surface area contributed by atoms with E-state index < -0.39 is 59.7 Å². The Bertz CT molecular complexity index is 2470. The Morgan fingerprint density at radius 1 is 0.648 bits per heavy atom. The van der Waals surface area contributed by atoms with E-state index in [1.54, 1.807) is 11.8 Å². The van der Waals surface area contributed by atoms with Gasteiger partial charge in [0.1, 0.15) is 28.9 Å². The molecule has 1 aliphatic rings. The molecule has 1 unspecified atom stereocenters. The molecule has 0 aliphatic carbocycles. The number of hydrogen-bond acceptors (Lipinski definition) is 8. The third kappa shape index (κ3) is 16.1. The van der Waals surface area contributed by atoms with Gasteiger partial charge < -0.3 is 15.0 Å². The van der Waals surface area contributed by atoms with Crippen LogP contribution in [0, 0.1) is 60.2 Å². The average molecular weight is 971 g/mol. The maximum Gasteiger partial charge on any atom is 0.304 e. The number of likely N-dealkylation sites (tertiary alicyclic amines) is 1. The molecule has 11 heteroatoms. The van der Waals surface area contributed by atoms with Crippen LogP contribution in [0.4, 0.5) is 0 Å². The minimum Gasteiger partial charge on any atom is -0.481 e. The Morgan fingerprint density at radius 2 is 1.24 bits per heavy atom. The molecule has 0 bridgehead atoms. The van der Waals surface area contributed by atoms with Crippen LogP contribution in [-0.2, 0) is 57.6 Å². The van der Waals surface area contributed by atoms with Crippen LogP contribution in [-0.4, -0.2) is 74.2 Å². The number of H-pyrrole nitrogens is 1. The lowest BCUT2D eigenvalue weighted by Crippen LogP contribution is -2.46. The van der Waals surface area contributed by atoms with Gasteiger partial charge in [0.25, 0.3) is 0 Å². The summed E-state index contributed by atoms with van der Waals surface area (Å²) in [6.45, 7) is 15.6. The zero-order valence-electron chi connectivity index (χ0n) is 43.4. The number of ketones is 6. The van der Waals surface area contributed by atoms with Gasteiger partial charge in [-0.3, -0.25) is 38.4 Å². The highest BCUT2D eigenvalue weighted by molar-refractivity contribution is 5.98. The number of rotatable bonds is 30. The number of carbonyl (C=O) groups excluding carboxylic acids is 7. The third-order valence-corrected chi connectivity index (χ3v) is 15.0. The molecule has 1 amide bonds. The van der Waals surface area contributed by atoms with Gasteiger partial charge in [-0.1, -0.05) is 133 Å². The molecule has 71 heavy (non-hydrogen) atoms. The minimum absolute atomic E-state index is 0.00729. The molecule has 2 N–H and O–H groups in total. The smallest absolute Gasteiger partial charge is 0.304 e. The first kappa shape index (κ1) is 56.1. The normalized spacial score (nSPS) is 16.8. The second kappa shape index (κ2) is 26.6. The molecule has 2 heterocycles. The highest BCUT2D eigenvalue weighted by atomic mass is 16.4. The summed E-state index contributed by atoms with van der Waals surface area (Å²) >= 11 is 0. The molecule has 1 aromatic heterocycles. The number of carbonyl (C=O) groups is 8. The fourth-order valence-corrected chi connectivity index (χ4v) is 10.6. The van der Waals surface area contributed by atoms with Crippen LogP contribution >= 0.6 is 0 Å². The van der Waals surface area contributed by atoms with Crippen LogP contribution in [0.15, 0.2) is 85.1 Å². The quantitative estimate of drug-likeness (QED) is 0.0515. The summed E-state index contributed by atoms with van der Waals surface area (Å²) in [4.78, 5) is 117. The number of aromatic nitrogens is 1. The highest BCUT2D eigenvalue weighted by Gasteiger charge is 2.41. The summed E-state index contributed by atoms with van der Waals surface area (Å²) in [7, 11) is 0. The molecule has 4 aromatic rings. The summed E-state index contributed by atoms with van der Waals surface area (Å²) in [5.74, 6) is -7.61. The number of hydrogen-bond donors (Lipinski definition) is 2. The number of para-hydroxylation sites is 1. The average Bonchev–Trinajstić information content (AvgIpc) is 4.00. The molecule has 3 aromatic carbocycles. The number of aromatic amines is 1. The standard InChI is InChI=1S/C60H78N2O9/c1-9-40(7)50(56(66)31-44(29-48-36-61-51-19-14-13-18-49(48)51)54(64)32-46(59(70)38(4)5)27-43-23-21-39(6)22-24-43)35-57(67)52-20-15-25-62(52)60(71)47(28-42-16-11-10-12-17-42)33-55(65)45(34-58(68)69)30-53(63)41(8)26-37(2)3/h10-14,16-19,21-24,36-38,40-41,44-47,50,52,61H,9,15,20,25-35H2,1-8H3,(H,68,69)/t40?,41-,44-,45+,46-,47-,50+,52+/m0/s1. The lowest BCUT2D eigenvalue weighted by molar-refractivity contribution is -0.145. The molecule has 8 atom stereocenters. The topological polar surface area (TPSA) is 176 Å². The first-order chi connectivity index (χ1) is 33.8. The maximum atomic E-state index is 14.8. The Hall–Kier alpha value is -5.84. The first-order valence-corrected chi connectivity index (χ1v) is 26.1. The van der Waals surface area contributed by atoms with E-state index in [9.17, 15) is 43.5 Å². The van der Waals surface area contributed by atoms with Gasteiger partial charge in [0.2, 0.25) is 5.91 Å². The van der Waals surface area contributed by atoms with Gasteiger partial charge in [-0.25, -0.2) is 0 Å². The molecule has 5 rings (SSSR count). The monoisotopic (exact) mass is 971 g/mol. The molecule has 1 aliphatic heterocycles. The number of nitrogens with zero attached hydrogens (tertiary/aromatic N) is 1. The van der Waals surface area contributed by atoms with Crippen LogP contribution in [0.25, 0.3) is 10.9 Å². The zero-order valence-corrected chi connectivity index (χ0v) is 43.4. The largest absolute Gasteiger partial charge is 0.481 e. The zero-order chi connectivity index (χ0) is 51.9. The van der Waals surface area contributed by atoms with E-state index in [1.807, 2.05) is 134 Å². The minimum atomic E-state index is -1.20. The van der Waals surface area contributed by atoms with Gasteiger partial charge in [0.05, 0.1) is 12.5 Å². The van der Waals surface area contributed by atoms with Crippen LogP contribution in [0.2, 0.25) is 0 Å². The van der Waals surface area contributed by atoms with Crippen molar-refractivity contribution in [2.75, 3.05) is 6.54 Å². The van der Waals surface area contributed by atoms with Crippen LogP contribution in [0.3, 0.4) is 0 Å². The number of fused-ring (bicyclic) bond motifs is 1. The fraction of sp³-hybridized carbons (Fsp3) is 0.533. The van der Waals surface area contributed by atoms with E-state index >= 15 is 0 Å². The Labute approximate surface area is 421 Å². The lowest BCUT2D eigenvalue weighted by Gasteiger charge is -2.30. The summed E-state index contributed by atoms with van der Waals surface area (Å²) < 4.78 is 0. The number of amides is 1. The molecule has 11 nitrogen and oxygen atoms in total. The van der Waals surface area contributed by atoms with E-state index in [4.69, 9.17) is 0 Å². The van der Waals surface area contributed by atoms with E-state index in [1.165, 1.54) is 0 Å². The molecular formula is C60H78N2O9. The number of carboxylic acid groups (broad SMARTS) is 1. The number of aliphatic carboxylic acids is 1. The van der Waals surface area contributed by atoms with Crippen molar-refractivity contribution in [3.63, 3.8) is 0 Å². The first-order valence-electron chi connectivity index (χ1n) is 26.1. The van der Waals surface area contributed by atoms with Gasteiger partial charge in [0, 0.05) is 97.2 Å². The summed E-state index contributed by atoms with van der Waals surface area (Å²) in [6.07, 6.45) is 3.55. The molecule has 1 fully saturated rings. The van der Waals surface area contributed by atoms with Crippen molar-refractivity contribution in [3.8, 4) is 0 Å². The second-order valence-corrected chi connectivity index (χ2v) is 21.5. The van der Waals surface area contributed by atoms with Crippen molar-refractivity contribution in [2.24, 2.45) is 53.3 Å². The second-order valence-electron chi connectivity index (χ2n) is 21.5. The van der Waals surface area contributed by atoms with E-state index in [0.717, 1.165) is 33.2 Å². The highest BCUT2D eigenvalue weighted by Crippen LogP contribution is 2.33. The van der Waals surface area contributed by atoms with Gasteiger partial charge >= 0.3 is 5.97 Å². The molecule has 1 saturated heterocycles. The molecular weight excluding hydrogens is 893 g/mol. The Kier molecular flexibility index (Phi) is 21.0. The molecule has 0 saturated carbocycles. The van der Waals surface area contributed by atoms with Crippen molar-refractivity contribution in [1.82, 2.24) is 9.88 Å². The third-order valence-electron chi connectivity index (χ3n) is 15.0. The van der Waals surface area contributed by atoms with Gasteiger partial charge in [-0.2, -0.15) is 0 Å². The SMILES string of the molecule is CCC(C)[C@@H](CC(=O)[C@H]1CCCN1C(=O)[C@H](CC(=O)[C@@H](CC(=O)O)CC(=O)[C@@H](C)CC(C)C)Cc1ccccc1)C(=O)C[C@H](Cc1c[nH]c2ccccc12)C(=O)C[C@H](Cc1ccc(C)cc1)C(=O)C(C)C. The van der Waals surface area contributed by atoms with Crippen LogP contribution in [0.1, 0.15) is 135 Å². The van der Waals surface area contributed by atoms with E-state index in [2.05, 4.69) is 4.98 Å². The Balaban J connectivity index is 1.39. The summed E-state index contributed by atoms with van der Waals surface area (Å²) in [6, 6.07) is 24.1. The van der Waals surface area contributed by atoms with Crippen LogP contribution in [0.5, 0.6) is 0 Å². The maximum absolute atomic E-state index is 14.8. The van der Waals surface area contributed by atoms with Gasteiger partial charge in [-0.05, 0) is 80.0 Å². The number of carboxylic acids is 1. The van der Waals surface area contributed by atoms with Crippen molar-refractivity contribution >= 4 is 57.5 Å². The summed E-state index contributed by atoms with van der Waals surface area (Å²) in [5, 5.41) is 10.8. The molecule has 0 radical (unpaired) electrons. The lowest BCUT2D eigenvalue weighted by atomic mass is 9.76. The van der Waals surface area contributed by atoms with Crippen LogP contribution < -0.4 is 0 Å². The predicted octanol–water partition coefficient (Wildman–Crippen LogP) is 10.8. The number of nitrogens with one attached hydrogen (secondary N) is 1. The predicted molar refractivity (Wildman–Crippen MR) is 278 cm³/mol. The number of Topliss-reactive ketones (excluding diaryl/α,β-unsaturated/α-hetero) is 6. The van der Waals surface area contributed by atoms with E-state index in [-0.39, 0.29) is 104 Å². The number of benzene rings is 3. The van der Waals surface area contributed by atoms with Crippen molar-refractivity contribution in [1.29, 1.82) is 0 Å². The number of aryl methyl sites for hydroxylation is 1. The van der Waals surface area contributed by atoms with Gasteiger partial charge in [0.15, 0.2) is 5.78 Å². The molecule has 382 valence electrons. The van der Waals surface area contributed by atoms with Gasteiger partial charge in [-0.15, -0.1) is 0 Å². The van der Waals surface area contributed by atoms with Crippen molar-refractivity contribution < 1.29 is 43.5 Å². The fourth-order valence-electron chi connectivity index (χ4n) is 10.6. The van der Waals surface area contributed by atoms with Crippen molar-refractivity contribution in [3.05, 3.63) is 107 Å². The molecule has 0 spiro atoms. The van der Waals surface area contributed by atoms with E-state index in [0.29, 0.717) is 32.1 Å². The van der Waals surface area contributed by atoms with Crippen molar-refractivity contribution in [2.45, 2.75) is 145 Å². The Morgan fingerprint density at radius 3 is 1.89 bits per heavy atom. The summed E-state index contributed by atoms with van der Waals surface area (Å²) in [5.41, 5.74) is 4.64.